The molecule has 0 bridgehead atoms. The van der Waals surface area contributed by atoms with Gasteiger partial charge in [-0.3, -0.25) is 14.8 Å². The molecule has 0 radical (unpaired) electrons. The lowest BCUT2D eigenvalue weighted by Crippen LogP contribution is -2.49. The summed E-state index contributed by atoms with van der Waals surface area (Å²) in [4.78, 5) is 21.6. The highest BCUT2D eigenvalue weighted by atomic mass is 16.2. The monoisotopic (exact) mass is 392 g/mol. The number of imidazole rings is 1. The standard InChI is InChI=1S/C22H28N6O/c1-17(2)21-23-8-9-27(21)13-10-26-11-14-28(15-12-26)22(29)20-16-19(24-25-20)18-6-4-3-5-7-18/h3-9,16-17H,10-15H2,1-2H3,(H,24,25). The van der Waals surface area contributed by atoms with Gasteiger partial charge in [-0.05, 0) is 6.07 Å². The molecule has 7 nitrogen and oxygen atoms in total. The topological polar surface area (TPSA) is 70.1 Å². The first-order chi connectivity index (χ1) is 14.1. The van der Waals surface area contributed by atoms with Crippen molar-refractivity contribution < 1.29 is 4.79 Å². The first-order valence-corrected chi connectivity index (χ1v) is 10.3. The van der Waals surface area contributed by atoms with Crippen LogP contribution >= 0.6 is 0 Å². The predicted molar refractivity (Wildman–Crippen MR) is 113 cm³/mol. The summed E-state index contributed by atoms with van der Waals surface area (Å²) in [5.74, 6) is 1.58. The maximum atomic E-state index is 12.8. The van der Waals surface area contributed by atoms with Crippen LogP contribution in [0.1, 0.15) is 36.1 Å². The molecule has 0 spiro atoms. The van der Waals surface area contributed by atoms with Gasteiger partial charge in [-0.1, -0.05) is 44.2 Å². The highest BCUT2D eigenvalue weighted by Gasteiger charge is 2.23. The minimum atomic E-state index is 0.0241. The average Bonchev–Trinajstić information content (AvgIpc) is 3.43. The molecule has 4 rings (SSSR count). The predicted octanol–water partition coefficient (Wildman–Crippen LogP) is 2.85. The third kappa shape index (κ3) is 4.40. The van der Waals surface area contributed by atoms with Gasteiger partial charge >= 0.3 is 0 Å². The number of amides is 1. The number of benzene rings is 1. The van der Waals surface area contributed by atoms with Gasteiger partial charge in [0.05, 0.1) is 5.69 Å². The molecular formula is C22H28N6O. The van der Waals surface area contributed by atoms with Crippen molar-refractivity contribution in [2.75, 3.05) is 32.7 Å². The first-order valence-electron chi connectivity index (χ1n) is 10.3. The number of aromatic amines is 1. The van der Waals surface area contributed by atoms with Gasteiger partial charge in [0.2, 0.25) is 0 Å². The van der Waals surface area contributed by atoms with Crippen LogP contribution in [0, 0.1) is 0 Å². The molecule has 152 valence electrons. The normalized spacial score (nSPS) is 15.2. The summed E-state index contributed by atoms with van der Waals surface area (Å²) in [6.45, 7) is 9.49. The molecule has 1 saturated heterocycles. The van der Waals surface area contributed by atoms with Crippen LogP contribution in [-0.2, 0) is 6.54 Å². The fraction of sp³-hybridized carbons (Fsp3) is 0.409. The third-order valence-corrected chi connectivity index (χ3v) is 5.46. The molecule has 3 heterocycles. The summed E-state index contributed by atoms with van der Waals surface area (Å²) in [5.41, 5.74) is 2.36. The van der Waals surface area contributed by atoms with Gasteiger partial charge in [0.1, 0.15) is 11.5 Å². The SMILES string of the molecule is CC(C)c1nccn1CCN1CCN(C(=O)c2cc(-c3ccccc3)n[nH]2)CC1. The maximum Gasteiger partial charge on any atom is 0.271 e. The van der Waals surface area contributed by atoms with E-state index < -0.39 is 0 Å². The lowest BCUT2D eigenvalue weighted by Gasteiger charge is -2.34. The highest BCUT2D eigenvalue weighted by molar-refractivity contribution is 5.93. The maximum absolute atomic E-state index is 12.8. The number of aromatic nitrogens is 4. The summed E-state index contributed by atoms with van der Waals surface area (Å²) in [6, 6.07) is 11.7. The summed E-state index contributed by atoms with van der Waals surface area (Å²) in [5, 5.41) is 7.21. The Kier molecular flexibility index (Phi) is 5.76. The van der Waals surface area contributed by atoms with E-state index in [2.05, 4.69) is 44.7 Å². The van der Waals surface area contributed by atoms with E-state index in [1.807, 2.05) is 47.5 Å². The summed E-state index contributed by atoms with van der Waals surface area (Å²) in [7, 11) is 0. The molecule has 0 unspecified atom stereocenters. The number of hydrogen-bond donors (Lipinski definition) is 1. The van der Waals surface area contributed by atoms with E-state index in [0.717, 1.165) is 56.4 Å². The van der Waals surface area contributed by atoms with Crippen LogP contribution in [0.25, 0.3) is 11.3 Å². The Balaban J connectivity index is 1.30. The second-order valence-corrected chi connectivity index (χ2v) is 7.80. The molecule has 0 atom stereocenters. The van der Waals surface area contributed by atoms with Crippen molar-refractivity contribution in [2.24, 2.45) is 0 Å². The molecule has 1 aliphatic heterocycles. The zero-order valence-corrected chi connectivity index (χ0v) is 17.1. The van der Waals surface area contributed by atoms with E-state index in [9.17, 15) is 4.79 Å². The van der Waals surface area contributed by atoms with E-state index >= 15 is 0 Å². The molecule has 0 saturated carbocycles. The number of H-pyrrole nitrogens is 1. The van der Waals surface area contributed by atoms with Gasteiger partial charge in [-0.2, -0.15) is 5.10 Å². The van der Waals surface area contributed by atoms with Crippen LogP contribution in [0.2, 0.25) is 0 Å². The van der Waals surface area contributed by atoms with E-state index in [4.69, 9.17) is 0 Å². The number of nitrogens with zero attached hydrogens (tertiary/aromatic N) is 5. The Hall–Kier alpha value is -2.93. The van der Waals surface area contributed by atoms with Crippen molar-refractivity contribution in [1.82, 2.24) is 29.5 Å². The molecule has 1 N–H and O–H groups in total. The molecule has 7 heteroatoms. The summed E-state index contributed by atoms with van der Waals surface area (Å²) in [6.07, 6.45) is 3.93. The van der Waals surface area contributed by atoms with Gasteiger partial charge in [0, 0.05) is 63.1 Å². The van der Waals surface area contributed by atoms with Crippen molar-refractivity contribution in [3.63, 3.8) is 0 Å². The molecule has 1 fully saturated rings. The fourth-order valence-corrected chi connectivity index (χ4v) is 3.79. The minimum Gasteiger partial charge on any atom is -0.335 e. The second kappa shape index (κ2) is 8.61. The lowest BCUT2D eigenvalue weighted by molar-refractivity contribution is 0.0627. The Labute approximate surface area is 171 Å². The average molecular weight is 393 g/mol. The largest absolute Gasteiger partial charge is 0.335 e. The number of hydrogen-bond acceptors (Lipinski definition) is 4. The van der Waals surface area contributed by atoms with E-state index in [1.54, 1.807) is 0 Å². The Bertz CT molecular complexity index is 937. The van der Waals surface area contributed by atoms with Crippen LogP contribution in [0.15, 0.2) is 48.8 Å². The Morgan fingerprint density at radius 1 is 1.10 bits per heavy atom. The molecule has 0 aliphatic carbocycles. The zero-order valence-electron chi connectivity index (χ0n) is 17.1. The molecule has 1 aromatic carbocycles. The second-order valence-electron chi connectivity index (χ2n) is 7.80. The number of carbonyl (C=O) groups excluding carboxylic acids is 1. The highest BCUT2D eigenvalue weighted by Crippen LogP contribution is 2.18. The van der Waals surface area contributed by atoms with Crippen LogP contribution in [0.3, 0.4) is 0 Å². The smallest absolute Gasteiger partial charge is 0.271 e. The molecular weight excluding hydrogens is 364 g/mol. The van der Waals surface area contributed by atoms with E-state index in [-0.39, 0.29) is 5.91 Å². The molecule has 1 aliphatic rings. The number of nitrogens with one attached hydrogen (secondary N) is 1. The van der Waals surface area contributed by atoms with Crippen molar-refractivity contribution in [3.8, 4) is 11.3 Å². The van der Waals surface area contributed by atoms with E-state index in [1.165, 1.54) is 0 Å². The zero-order chi connectivity index (χ0) is 20.2. The minimum absolute atomic E-state index is 0.0241. The molecule has 3 aromatic rings. The van der Waals surface area contributed by atoms with Gasteiger partial charge in [-0.25, -0.2) is 4.98 Å². The van der Waals surface area contributed by atoms with Crippen LogP contribution in [-0.4, -0.2) is 68.2 Å². The van der Waals surface area contributed by atoms with Gasteiger partial charge in [0.25, 0.3) is 5.91 Å². The first kappa shape index (κ1) is 19.4. The fourth-order valence-electron chi connectivity index (χ4n) is 3.79. The Morgan fingerprint density at radius 3 is 2.59 bits per heavy atom. The number of piperazine rings is 1. The van der Waals surface area contributed by atoms with Gasteiger partial charge in [-0.15, -0.1) is 0 Å². The van der Waals surface area contributed by atoms with Gasteiger partial charge < -0.3 is 9.47 Å². The van der Waals surface area contributed by atoms with Crippen molar-refractivity contribution in [2.45, 2.75) is 26.3 Å². The molecule has 1 amide bonds. The molecule has 29 heavy (non-hydrogen) atoms. The Morgan fingerprint density at radius 2 is 1.86 bits per heavy atom. The van der Waals surface area contributed by atoms with E-state index in [0.29, 0.717) is 11.6 Å². The molecule has 2 aromatic heterocycles. The van der Waals surface area contributed by atoms with Crippen LogP contribution in [0.5, 0.6) is 0 Å². The quantitative estimate of drug-likeness (QED) is 0.700. The number of carbonyl (C=O) groups is 1. The van der Waals surface area contributed by atoms with Crippen LogP contribution < -0.4 is 0 Å². The van der Waals surface area contributed by atoms with Crippen LogP contribution in [0.4, 0.5) is 0 Å². The summed E-state index contributed by atoms with van der Waals surface area (Å²) >= 11 is 0. The van der Waals surface area contributed by atoms with Crippen molar-refractivity contribution in [1.29, 1.82) is 0 Å². The van der Waals surface area contributed by atoms with Gasteiger partial charge in [0.15, 0.2) is 0 Å². The van der Waals surface area contributed by atoms with Crippen molar-refractivity contribution in [3.05, 3.63) is 60.3 Å². The lowest BCUT2D eigenvalue weighted by atomic mass is 10.1. The summed E-state index contributed by atoms with van der Waals surface area (Å²) < 4.78 is 2.23. The number of rotatable bonds is 6. The van der Waals surface area contributed by atoms with Crippen molar-refractivity contribution >= 4 is 5.91 Å². The third-order valence-electron chi connectivity index (χ3n) is 5.46.